The Morgan fingerprint density at radius 1 is 1.18 bits per heavy atom. The molecule has 0 atom stereocenters. The smallest absolute Gasteiger partial charge is 0.378 e. The fourth-order valence-electron chi connectivity index (χ4n) is 0.959. The molecule has 0 bridgehead atoms. The average Bonchev–Trinajstić information content (AvgIpc) is 2.37. The molecule has 17 heavy (non-hydrogen) atoms. The van der Waals surface area contributed by atoms with Crippen LogP contribution in [0.4, 0.5) is 0 Å². The number of rotatable bonds is 4. The Bertz CT molecular complexity index is 435. The van der Waals surface area contributed by atoms with Crippen LogP contribution in [0.5, 0.6) is 5.88 Å². The number of aromatic nitrogens is 3. The molecule has 0 saturated heterocycles. The van der Waals surface area contributed by atoms with Crippen LogP contribution in [0.15, 0.2) is 0 Å². The van der Waals surface area contributed by atoms with E-state index in [-0.39, 0.29) is 24.0 Å². The lowest BCUT2D eigenvalue weighted by molar-refractivity contribution is 0.0505. The number of hydrogen-bond donors (Lipinski definition) is 0. The SMILES string of the molecule is CCOC(=O)c1nnc(C(=O)OC)nc1OC. The van der Waals surface area contributed by atoms with Crippen molar-refractivity contribution in [2.45, 2.75) is 6.92 Å². The first-order chi connectivity index (χ1) is 8.13. The summed E-state index contributed by atoms with van der Waals surface area (Å²) in [5.41, 5.74) is -0.193. The van der Waals surface area contributed by atoms with E-state index in [0.717, 1.165) is 0 Å². The zero-order chi connectivity index (χ0) is 12.8. The first-order valence-corrected chi connectivity index (χ1v) is 4.68. The molecule has 1 heterocycles. The number of nitrogens with zero attached hydrogens (tertiary/aromatic N) is 3. The van der Waals surface area contributed by atoms with E-state index >= 15 is 0 Å². The van der Waals surface area contributed by atoms with Gasteiger partial charge in [-0.1, -0.05) is 0 Å². The quantitative estimate of drug-likeness (QED) is 0.670. The number of ether oxygens (including phenoxy) is 3. The summed E-state index contributed by atoms with van der Waals surface area (Å²) >= 11 is 0. The molecule has 0 aliphatic carbocycles. The Balaban J connectivity index is 3.09. The molecule has 8 heteroatoms. The highest BCUT2D eigenvalue weighted by Crippen LogP contribution is 2.12. The second-order valence-electron chi connectivity index (χ2n) is 2.71. The van der Waals surface area contributed by atoms with E-state index in [1.54, 1.807) is 6.92 Å². The maximum Gasteiger partial charge on any atom is 0.378 e. The lowest BCUT2D eigenvalue weighted by atomic mass is 10.4. The highest BCUT2D eigenvalue weighted by atomic mass is 16.5. The summed E-state index contributed by atoms with van der Waals surface area (Å²) in [6.45, 7) is 1.83. The maximum atomic E-state index is 11.4. The van der Waals surface area contributed by atoms with Gasteiger partial charge in [0.15, 0.2) is 0 Å². The highest BCUT2D eigenvalue weighted by Gasteiger charge is 2.21. The zero-order valence-corrected chi connectivity index (χ0v) is 9.59. The molecule has 0 N–H and O–H groups in total. The molecule has 0 aromatic carbocycles. The Morgan fingerprint density at radius 3 is 2.41 bits per heavy atom. The van der Waals surface area contributed by atoms with Gasteiger partial charge in [0.2, 0.25) is 5.69 Å². The minimum Gasteiger partial charge on any atom is -0.479 e. The topological polar surface area (TPSA) is 101 Å². The van der Waals surface area contributed by atoms with Crippen molar-refractivity contribution in [3.63, 3.8) is 0 Å². The van der Waals surface area contributed by atoms with E-state index in [1.165, 1.54) is 14.2 Å². The van der Waals surface area contributed by atoms with Gasteiger partial charge in [-0.25, -0.2) is 9.59 Å². The molecule has 0 radical (unpaired) electrons. The molecule has 0 unspecified atom stereocenters. The molecule has 0 saturated carbocycles. The van der Waals surface area contributed by atoms with Crippen LogP contribution < -0.4 is 4.74 Å². The summed E-state index contributed by atoms with van der Waals surface area (Å²) in [7, 11) is 2.46. The number of esters is 2. The molecule has 0 aliphatic rings. The summed E-state index contributed by atoms with van der Waals surface area (Å²) < 4.78 is 14.0. The van der Waals surface area contributed by atoms with Gasteiger partial charge in [0.05, 0.1) is 20.8 Å². The first-order valence-electron chi connectivity index (χ1n) is 4.68. The maximum absolute atomic E-state index is 11.4. The molecule has 8 nitrogen and oxygen atoms in total. The third-order valence-electron chi connectivity index (χ3n) is 1.68. The minimum atomic E-state index is -0.772. The van der Waals surface area contributed by atoms with Crippen molar-refractivity contribution in [3.05, 3.63) is 11.5 Å². The first kappa shape index (κ1) is 12.8. The molecule has 0 amide bonds. The van der Waals surface area contributed by atoms with Crippen molar-refractivity contribution in [3.8, 4) is 5.88 Å². The van der Waals surface area contributed by atoms with E-state index in [0.29, 0.717) is 0 Å². The fourth-order valence-corrected chi connectivity index (χ4v) is 0.959. The summed E-state index contributed by atoms with van der Waals surface area (Å²) in [6, 6.07) is 0. The summed E-state index contributed by atoms with van der Waals surface area (Å²) in [5, 5.41) is 6.97. The van der Waals surface area contributed by atoms with Crippen molar-refractivity contribution < 1.29 is 23.8 Å². The van der Waals surface area contributed by atoms with Crippen LogP contribution in [0.2, 0.25) is 0 Å². The number of hydrogen-bond acceptors (Lipinski definition) is 8. The van der Waals surface area contributed by atoms with Gasteiger partial charge in [0.25, 0.3) is 11.7 Å². The number of methoxy groups -OCH3 is 2. The van der Waals surface area contributed by atoms with Crippen LogP contribution in [0.1, 0.15) is 28.0 Å². The van der Waals surface area contributed by atoms with Crippen molar-refractivity contribution in [1.29, 1.82) is 0 Å². The highest BCUT2D eigenvalue weighted by molar-refractivity contribution is 5.90. The van der Waals surface area contributed by atoms with E-state index in [2.05, 4.69) is 19.9 Å². The molecule has 1 aromatic rings. The lowest BCUT2D eigenvalue weighted by Gasteiger charge is -2.05. The Kier molecular flexibility index (Phi) is 4.32. The normalized spacial score (nSPS) is 9.59. The van der Waals surface area contributed by atoms with Gasteiger partial charge < -0.3 is 14.2 Å². The van der Waals surface area contributed by atoms with Gasteiger partial charge >= 0.3 is 11.9 Å². The van der Waals surface area contributed by atoms with Crippen LogP contribution in [0.25, 0.3) is 0 Å². The van der Waals surface area contributed by atoms with E-state index in [4.69, 9.17) is 9.47 Å². The molecule has 1 rings (SSSR count). The van der Waals surface area contributed by atoms with Crippen LogP contribution in [0, 0.1) is 0 Å². The Hall–Kier alpha value is -2.25. The van der Waals surface area contributed by atoms with Crippen LogP contribution in [-0.4, -0.2) is 47.9 Å². The van der Waals surface area contributed by atoms with Gasteiger partial charge in [0.1, 0.15) is 0 Å². The number of carbonyl (C=O) groups is 2. The van der Waals surface area contributed by atoms with Crippen LogP contribution in [0.3, 0.4) is 0 Å². The van der Waals surface area contributed by atoms with E-state index in [1.807, 2.05) is 0 Å². The molecule has 0 aliphatic heterocycles. The Labute approximate surface area is 96.9 Å². The Morgan fingerprint density at radius 2 is 1.88 bits per heavy atom. The van der Waals surface area contributed by atoms with E-state index in [9.17, 15) is 9.59 Å². The average molecular weight is 241 g/mol. The standard InChI is InChI=1S/C9H11N3O5/c1-4-17-8(13)5-7(15-2)10-6(12-11-5)9(14)16-3/h4H2,1-3H3. The van der Waals surface area contributed by atoms with Gasteiger partial charge in [-0.05, 0) is 6.92 Å². The molecule has 1 aromatic heterocycles. The van der Waals surface area contributed by atoms with Crippen LogP contribution >= 0.6 is 0 Å². The molecular weight excluding hydrogens is 230 g/mol. The van der Waals surface area contributed by atoms with Crippen LogP contribution in [-0.2, 0) is 9.47 Å². The van der Waals surface area contributed by atoms with Crippen molar-refractivity contribution in [1.82, 2.24) is 15.2 Å². The van der Waals surface area contributed by atoms with Crippen molar-refractivity contribution in [2.75, 3.05) is 20.8 Å². The van der Waals surface area contributed by atoms with Gasteiger partial charge in [-0.3, -0.25) is 0 Å². The minimum absolute atomic E-state index is 0.140. The summed E-state index contributed by atoms with van der Waals surface area (Å²) in [6.07, 6.45) is 0. The summed E-state index contributed by atoms with van der Waals surface area (Å²) in [4.78, 5) is 26.2. The molecule has 0 fully saturated rings. The number of carbonyl (C=O) groups excluding carboxylic acids is 2. The predicted molar refractivity (Wildman–Crippen MR) is 53.7 cm³/mol. The molecule has 92 valence electrons. The third kappa shape index (κ3) is 2.86. The monoisotopic (exact) mass is 241 g/mol. The van der Waals surface area contributed by atoms with E-state index < -0.39 is 11.9 Å². The fraction of sp³-hybridized carbons (Fsp3) is 0.444. The lowest BCUT2D eigenvalue weighted by Crippen LogP contribution is -2.16. The van der Waals surface area contributed by atoms with Crippen molar-refractivity contribution in [2.24, 2.45) is 0 Å². The van der Waals surface area contributed by atoms with Gasteiger partial charge in [-0.2, -0.15) is 4.98 Å². The van der Waals surface area contributed by atoms with Gasteiger partial charge in [0, 0.05) is 0 Å². The third-order valence-corrected chi connectivity index (χ3v) is 1.68. The van der Waals surface area contributed by atoms with Crippen molar-refractivity contribution >= 4 is 11.9 Å². The summed E-state index contributed by atoms with van der Waals surface area (Å²) in [5.74, 6) is -1.93. The molecular formula is C9H11N3O5. The van der Waals surface area contributed by atoms with Gasteiger partial charge in [-0.15, -0.1) is 10.2 Å². The predicted octanol–water partition coefficient (Wildman–Crippen LogP) is -0.157. The second-order valence-corrected chi connectivity index (χ2v) is 2.71. The zero-order valence-electron chi connectivity index (χ0n) is 9.59. The largest absolute Gasteiger partial charge is 0.479 e. The second kappa shape index (κ2) is 5.73. The molecule has 0 spiro atoms.